The molecule has 74 valence electrons. The molecule has 0 aromatic heterocycles. The van der Waals surface area contributed by atoms with Crippen molar-refractivity contribution < 1.29 is 4.90 Å². The Kier molecular flexibility index (Phi) is 2.84. The second kappa shape index (κ2) is 4.29. The van der Waals surface area contributed by atoms with Crippen LogP contribution in [0.25, 0.3) is 0 Å². The van der Waals surface area contributed by atoms with E-state index in [0.29, 0.717) is 0 Å². The van der Waals surface area contributed by atoms with Gasteiger partial charge in [0.2, 0.25) is 0 Å². The quantitative estimate of drug-likeness (QED) is 0.727. The molecule has 1 aromatic rings. The van der Waals surface area contributed by atoms with E-state index >= 15 is 0 Å². The molecule has 1 heterocycles. The summed E-state index contributed by atoms with van der Waals surface area (Å²) in [5.41, 5.74) is 1.42. The van der Waals surface area contributed by atoms with Gasteiger partial charge in [0.15, 0.2) is 6.67 Å². The van der Waals surface area contributed by atoms with E-state index in [0.717, 1.165) is 19.6 Å². The highest BCUT2D eigenvalue weighted by Gasteiger charge is 2.11. The highest BCUT2D eigenvalue weighted by atomic mass is 15.3. The summed E-state index contributed by atoms with van der Waals surface area (Å²) in [7, 11) is 2.18. The first-order valence-corrected chi connectivity index (χ1v) is 5.13. The van der Waals surface area contributed by atoms with Crippen LogP contribution in [0.15, 0.2) is 42.7 Å². The summed E-state index contributed by atoms with van der Waals surface area (Å²) in [6.07, 6.45) is 5.53. The van der Waals surface area contributed by atoms with Crippen LogP contribution in [0, 0.1) is 0 Å². The summed E-state index contributed by atoms with van der Waals surface area (Å²) in [6, 6.07) is 10.7. The number of nitrogens with one attached hydrogen (secondary N) is 1. The molecule has 1 N–H and O–H groups in total. The Labute approximate surface area is 85.4 Å². The molecule has 0 saturated carbocycles. The molecule has 0 aliphatic carbocycles. The van der Waals surface area contributed by atoms with Gasteiger partial charge in [0.05, 0.1) is 13.2 Å². The van der Waals surface area contributed by atoms with Crippen molar-refractivity contribution in [3.63, 3.8) is 0 Å². The first kappa shape index (κ1) is 9.28. The molecule has 1 atom stereocenters. The highest BCUT2D eigenvalue weighted by Crippen LogP contribution is 2.01. The Hall–Kier alpha value is -1.28. The van der Waals surface area contributed by atoms with Crippen molar-refractivity contribution in [1.29, 1.82) is 0 Å². The van der Waals surface area contributed by atoms with E-state index in [1.165, 1.54) is 10.5 Å². The minimum absolute atomic E-state index is 1.10. The molecular weight excluding hydrogens is 172 g/mol. The highest BCUT2D eigenvalue weighted by molar-refractivity contribution is 5.14. The fourth-order valence-electron chi connectivity index (χ4n) is 1.73. The molecular formula is C12H17N2+. The predicted molar refractivity (Wildman–Crippen MR) is 57.7 cm³/mol. The predicted octanol–water partition coefficient (Wildman–Crippen LogP) is 0.488. The molecule has 14 heavy (non-hydrogen) atoms. The van der Waals surface area contributed by atoms with Crippen molar-refractivity contribution >= 4 is 0 Å². The maximum Gasteiger partial charge on any atom is 0.156 e. The Morgan fingerprint density at radius 1 is 1.29 bits per heavy atom. The summed E-state index contributed by atoms with van der Waals surface area (Å²) < 4.78 is 0. The van der Waals surface area contributed by atoms with E-state index < -0.39 is 0 Å². The largest absolute Gasteiger partial charge is 0.326 e. The van der Waals surface area contributed by atoms with Gasteiger partial charge in [-0.15, -0.1) is 0 Å². The fourth-order valence-corrected chi connectivity index (χ4v) is 1.73. The van der Waals surface area contributed by atoms with Gasteiger partial charge < -0.3 is 4.90 Å². The van der Waals surface area contributed by atoms with E-state index in [9.17, 15) is 0 Å². The Balaban J connectivity index is 1.81. The van der Waals surface area contributed by atoms with Gasteiger partial charge in [0.1, 0.15) is 6.20 Å². The normalized spacial score (nSPS) is 20.4. The van der Waals surface area contributed by atoms with E-state index in [-0.39, 0.29) is 0 Å². The van der Waals surface area contributed by atoms with Gasteiger partial charge in [0, 0.05) is 6.54 Å². The van der Waals surface area contributed by atoms with Crippen LogP contribution in [0.1, 0.15) is 5.56 Å². The minimum Gasteiger partial charge on any atom is -0.326 e. The second-order valence-electron chi connectivity index (χ2n) is 3.87. The molecule has 1 unspecified atom stereocenters. The maximum atomic E-state index is 2.36. The molecule has 0 radical (unpaired) electrons. The molecule has 1 aliphatic rings. The molecule has 2 nitrogen and oxygen atoms in total. The third kappa shape index (κ3) is 2.36. The number of nitrogens with zero attached hydrogens (tertiary/aromatic N) is 1. The molecule has 2 heteroatoms. The van der Waals surface area contributed by atoms with Crippen molar-refractivity contribution in [1.82, 2.24) is 4.90 Å². The Morgan fingerprint density at radius 3 is 2.71 bits per heavy atom. The van der Waals surface area contributed by atoms with E-state index in [1.54, 1.807) is 0 Å². The summed E-state index contributed by atoms with van der Waals surface area (Å²) in [5, 5.41) is 0. The van der Waals surface area contributed by atoms with Crippen LogP contribution in [0.3, 0.4) is 0 Å². The van der Waals surface area contributed by atoms with Crippen LogP contribution in [-0.2, 0) is 6.42 Å². The summed E-state index contributed by atoms with van der Waals surface area (Å²) in [5.74, 6) is 0. The number of hydrogen-bond acceptors (Lipinski definition) is 1. The lowest BCUT2D eigenvalue weighted by Crippen LogP contribution is -3.03. The van der Waals surface area contributed by atoms with Gasteiger partial charge >= 0.3 is 0 Å². The van der Waals surface area contributed by atoms with Crippen LogP contribution < -0.4 is 4.90 Å². The first-order chi connectivity index (χ1) is 6.84. The van der Waals surface area contributed by atoms with Gasteiger partial charge in [-0.05, 0) is 12.0 Å². The second-order valence-corrected chi connectivity index (χ2v) is 3.87. The van der Waals surface area contributed by atoms with Gasteiger partial charge in [-0.1, -0.05) is 30.3 Å². The van der Waals surface area contributed by atoms with E-state index in [4.69, 9.17) is 0 Å². The van der Waals surface area contributed by atoms with Crippen LogP contribution in [-0.4, -0.2) is 25.2 Å². The van der Waals surface area contributed by atoms with Gasteiger partial charge in [-0.25, -0.2) is 0 Å². The van der Waals surface area contributed by atoms with Gasteiger partial charge in [-0.2, -0.15) is 0 Å². The topological polar surface area (TPSA) is 7.68 Å². The number of quaternary nitrogens is 1. The van der Waals surface area contributed by atoms with Crippen LogP contribution in [0.2, 0.25) is 0 Å². The Morgan fingerprint density at radius 2 is 2.07 bits per heavy atom. The fraction of sp³-hybridized carbons (Fsp3) is 0.333. The number of benzene rings is 1. The van der Waals surface area contributed by atoms with E-state index in [2.05, 4.69) is 54.7 Å². The molecule has 0 saturated heterocycles. The molecule has 1 aromatic carbocycles. The lowest BCUT2D eigenvalue weighted by atomic mass is 10.1. The van der Waals surface area contributed by atoms with Crippen LogP contribution in [0.4, 0.5) is 0 Å². The zero-order chi connectivity index (χ0) is 9.80. The van der Waals surface area contributed by atoms with Crippen molar-refractivity contribution in [2.45, 2.75) is 6.42 Å². The third-order valence-corrected chi connectivity index (χ3v) is 2.55. The van der Waals surface area contributed by atoms with Crippen molar-refractivity contribution in [3.8, 4) is 0 Å². The lowest BCUT2D eigenvalue weighted by molar-refractivity contribution is -0.826. The molecule has 2 rings (SSSR count). The average Bonchev–Trinajstić information content (AvgIpc) is 2.63. The Bertz CT molecular complexity index is 305. The smallest absolute Gasteiger partial charge is 0.156 e. The summed E-state index contributed by atoms with van der Waals surface area (Å²) in [4.78, 5) is 3.82. The van der Waals surface area contributed by atoms with Gasteiger partial charge in [-0.3, -0.25) is 4.90 Å². The van der Waals surface area contributed by atoms with Crippen molar-refractivity contribution in [2.24, 2.45) is 0 Å². The minimum atomic E-state index is 1.10. The number of rotatable bonds is 3. The maximum absolute atomic E-state index is 2.36. The standard InChI is InChI=1S/C12H16N2/c1-13-9-10-14(11-13)8-7-12-5-3-2-4-6-12/h2-6,9-10H,7-8,11H2,1H3/p+1. The molecule has 0 fully saturated rings. The summed E-state index contributed by atoms with van der Waals surface area (Å²) in [6.45, 7) is 2.23. The van der Waals surface area contributed by atoms with E-state index in [1.807, 2.05) is 0 Å². The SMILES string of the molecule is C[NH+]1C=CN(CCc2ccccc2)C1. The molecule has 0 bridgehead atoms. The third-order valence-electron chi connectivity index (χ3n) is 2.55. The zero-order valence-electron chi connectivity index (χ0n) is 8.61. The monoisotopic (exact) mass is 189 g/mol. The molecule has 1 aliphatic heterocycles. The lowest BCUT2D eigenvalue weighted by Gasteiger charge is -2.14. The van der Waals surface area contributed by atoms with Crippen molar-refractivity contribution in [3.05, 3.63) is 48.3 Å². The molecule has 0 amide bonds. The van der Waals surface area contributed by atoms with Crippen molar-refractivity contribution in [2.75, 3.05) is 20.3 Å². The number of hydrogen-bond donors (Lipinski definition) is 1. The first-order valence-electron chi connectivity index (χ1n) is 5.13. The van der Waals surface area contributed by atoms with Crippen LogP contribution in [0.5, 0.6) is 0 Å². The molecule has 0 spiro atoms. The summed E-state index contributed by atoms with van der Waals surface area (Å²) >= 11 is 0. The average molecular weight is 189 g/mol. The van der Waals surface area contributed by atoms with Gasteiger partial charge in [0.25, 0.3) is 0 Å². The zero-order valence-corrected chi connectivity index (χ0v) is 8.61. The van der Waals surface area contributed by atoms with Crippen LogP contribution >= 0.6 is 0 Å².